The van der Waals surface area contributed by atoms with Crippen LogP contribution in [-0.4, -0.2) is 47.2 Å². The van der Waals surface area contributed by atoms with Gasteiger partial charge in [0.25, 0.3) is 0 Å². The van der Waals surface area contributed by atoms with E-state index >= 15 is 0 Å². The molecule has 7 heteroatoms. The number of piperidine rings is 1. The maximum Gasteiger partial charge on any atom is 0.310 e. The van der Waals surface area contributed by atoms with Gasteiger partial charge in [-0.3, -0.25) is 9.59 Å². The lowest BCUT2D eigenvalue weighted by Crippen LogP contribution is -2.43. The lowest BCUT2D eigenvalue weighted by Gasteiger charge is -2.31. The molecule has 1 atom stereocenters. The van der Waals surface area contributed by atoms with Crippen molar-refractivity contribution in [3.05, 3.63) is 11.1 Å². The van der Waals surface area contributed by atoms with Crippen LogP contribution in [0, 0.1) is 12.8 Å². The number of carbonyl (C=O) groups is 2. The number of hydrogen-bond acceptors (Lipinski definition) is 6. The number of nitrogens with zero attached hydrogens (tertiary/aromatic N) is 2. The van der Waals surface area contributed by atoms with Crippen LogP contribution >= 0.6 is 23.1 Å². The van der Waals surface area contributed by atoms with Gasteiger partial charge in [-0.05, 0) is 26.7 Å². The zero-order valence-corrected chi connectivity index (χ0v) is 14.0. The molecule has 1 aromatic heterocycles. The van der Waals surface area contributed by atoms with Gasteiger partial charge in [-0.25, -0.2) is 4.98 Å². The molecule has 0 unspecified atom stereocenters. The summed E-state index contributed by atoms with van der Waals surface area (Å²) < 4.78 is 5.97. The molecule has 1 aromatic rings. The number of carbonyl (C=O) groups excluding carboxylic acids is 2. The fourth-order valence-corrected chi connectivity index (χ4v) is 4.02. The van der Waals surface area contributed by atoms with E-state index in [0.29, 0.717) is 18.9 Å². The van der Waals surface area contributed by atoms with E-state index in [2.05, 4.69) is 4.98 Å². The van der Waals surface area contributed by atoms with Crippen LogP contribution in [0.1, 0.15) is 25.5 Å². The molecule has 0 radical (unpaired) electrons. The molecule has 0 N–H and O–H groups in total. The van der Waals surface area contributed by atoms with E-state index in [1.165, 1.54) is 11.8 Å². The smallest absolute Gasteiger partial charge is 0.310 e. The Morgan fingerprint density at radius 1 is 1.57 bits per heavy atom. The largest absolute Gasteiger partial charge is 0.466 e. The van der Waals surface area contributed by atoms with Crippen molar-refractivity contribution in [2.45, 2.75) is 31.0 Å². The number of hydrogen-bond donors (Lipinski definition) is 0. The van der Waals surface area contributed by atoms with Gasteiger partial charge in [-0.1, -0.05) is 11.8 Å². The third-order valence-electron chi connectivity index (χ3n) is 3.31. The highest BCUT2D eigenvalue weighted by atomic mass is 32.2. The Labute approximate surface area is 133 Å². The second kappa shape index (κ2) is 7.79. The number of aromatic nitrogens is 1. The Morgan fingerprint density at radius 2 is 2.38 bits per heavy atom. The standard InChI is InChI=1S/C14H20N2O3S2/c1-3-19-13(18)11-5-4-6-16(7-11)12(17)9-21-14-15-10(2)8-20-14/h8,11H,3-7,9H2,1-2H3/t11-/m1/s1. The van der Waals surface area contributed by atoms with E-state index in [1.54, 1.807) is 23.2 Å². The van der Waals surface area contributed by atoms with Crippen LogP contribution in [0.2, 0.25) is 0 Å². The van der Waals surface area contributed by atoms with Gasteiger partial charge in [0.2, 0.25) is 5.91 Å². The van der Waals surface area contributed by atoms with Gasteiger partial charge in [0.15, 0.2) is 4.34 Å². The van der Waals surface area contributed by atoms with Crippen LogP contribution in [0.4, 0.5) is 0 Å². The van der Waals surface area contributed by atoms with E-state index in [4.69, 9.17) is 4.74 Å². The van der Waals surface area contributed by atoms with Crippen molar-refractivity contribution < 1.29 is 14.3 Å². The molecule has 0 aliphatic carbocycles. The van der Waals surface area contributed by atoms with Gasteiger partial charge in [0.05, 0.1) is 18.3 Å². The van der Waals surface area contributed by atoms with Crippen molar-refractivity contribution in [3.8, 4) is 0 Å². The number of rotatable bonds is 5. The maximum atomic E-state index is 12.2. The monoisotopic (exact) mass is 328 g/mol. The fourth-order valence-electron chi connectivity index (χ4n) is 2.27. The Morgan fingerprint density at radius 3 is 3.05 bits per heavy atom. The molecule has 1 aliphatic heterocycles. The second-order valence-corrected chi connectivity index (χ2v) is 7.05. The normalized spacial score (nSPS) is 18.6. The molecular formula is C14H20N2O3S2. The first kappa shape index (κ1) is 16.3. The number of esters is 1. The summed E-state index contributed by atoms with van der Waals surface area (Å²) in [7, 11) is 0. The first-order valence-corrected chi connectivity index (χ1v) is 8.96. The Bertz CT molecular complexity index is 504. The molecule has 2 rings (SSSR count). The highest BCUT2D eigenvalue weighted by molar-refractivity contribution is 8.01. The minimum atomic E-state index is -0.182. The molecule has 1 aliphatic rings. The van der Waals surface area contributed by atoms with Crippen LogP contribution in [0.15, 0.2) is 9.72 Å². The maximum absolute atomic E-state index is 12.2. The Hall–Kier alpha value is -1.08. The Balaban J connectivity index is 1.82. The molecule has 0 bridgehead atoms. The first-order valence-electron chi connectivity index (χ1n) is 7.09. The van der Waals surface area contributed by atoms with Crippen LogP contribution in [0.25, 0.3) is 0 Å². The number of thioether (sulfide) groups is 1. The molecular weight excluding hydrogens is 308 g/mol. The second-order valence-electron chi connectivity index (χ2n) is 4.97. The molecule has 21 heavy (non-hydrogen) atoms. The van der Waals surface area contributed by atoms with Gasteiger partial charge in [0.1, 0.15) is 0 Å². The number of amides is 1. The molecule has 116 valence electrons. The third kappa shape index (κ3) is 4.71. The molecule has 2 heterocycles. The van der Waals surface area contributed by atoms with Gasteiger partial charge in [0, 0.05) is 24.2 Å². The van der Waals surface area contributed by atoms with Gasteiger partial charge >= 0.3 is 5.97 Å². The molecule has 1 saturated heterocycles. The van der Waals surface area contributed by atoms with Gasteiger partial charge in [-0.15, -0.1) is 11.3 Å². The third-order valence-corrected chi connectivity index (χ3v) is 5.43. The van der Waals surface area contributed by atoms with Crippen LogP contribution < -0.4 is 0 Å². The quantitative estimate of drug-likeness (QED) is 0.613. The van der Waals surface area contributed by atoms with Crippen molar-refractivity contribution >= 4 is 35.0 Å². The summed E-state index contributed by atoms with van der Waals surface area (Å²) in [5.74, 6) is 0.0949. The van der Waals surface area contributed by atoms with Crippen molar-refractivity contribution in [1.82, 2.24) is 9.88 Å². The molecule has 0 spiro atoms. The summed E-state index contributed by atoms with van der Waals surface area (Å²) in [6.45, 7) is 5.34. The van der Waals surface area contributed by atoms with E-state index in [1.807, 2.05) is 12.3 Å². The van der Waals surface area contributed by atoms with Crippen LogP contribution in [0.3, 0.4) is 0 Å². The van der Waals surface area contributed by atoms with E-state index in [-0.39, 0.29) is 17.8 Å². The number of aryl methyl sites for hydroxylation is 1. The summed E-state index contributed by atoms with van der Waals surface area (Å²) in [6, 6.07) is 0. The van der Waals surface area contributed by atoms with Crippen molar-refractivity contribution in [1.29, 1.82) is 0 Å². The summed E-state index contributed by atoms with van der Waals surface area (Å²) in [5.41, 5.74) is 0.982. The SMILES string of the molecule is CCOC(=O)[C@@H]1CCCN(C(=O)CSc2nc(C)cs2)C1. The lowest BCUT2D eigenvalue weighted by molar-refractivity contribution is -0.151. The van der Waals surface area contributed by atoms with Crippen molar-refractivity contribution in [2.75, 3.05) is 25.4 Å². The first-order chi connectivity index (χ1) is 10.1. The zero-order chi connectivity index (χ0) is 15.2. The van der Waals surface area contributed by atoms with Crippen LogP contribution in [-0.2, 0) is 14.3 Å². The van der Waals surface area contributed by atoms with Crippen LogP contribution in [0.5, 0.6) is 0 Å². The number of thiazole rings is 1. The molecule has 0 saturated carbocycles. The van der Waals surface area contributed by atoms with Crippen molar-refractivity contribution in [2.24, 2.45) is 5.92 Å². The fraction of sp³-hybridized carbons (Fsp3) is 0.643. The predicted octanol–water partition coefficient (Wildman–Crippen LogP) is 2.35. The Kier molecular flexibility index (Phi) is 6.05. The summed E-state index contributed by atoms with van der Waals surface area (Å²) in [6.07, 6.45) is 1.66. The number of likely N-dealkylation sites (tertiary alicyclic amines) is 1. The van der Waals surface area contributed by atoms with Gasteiger partial charge < -0.3 is 9.64 Å². The predicted molar refractivity (Wildman–Crippen MR) is 83.5 cm³/mol. The lowest BCUT2D eigenvalue weighted by atomic mass is 9.98. The molecule has 5 nitrogen and oxygen atoms in total. The average Bonchev–Trinajstić information content (AvgIpc) is 2.91. The molecule has 1 amide bonds. The minimum absolute atomic E-state index is 0.0712. The zero-order valence-electron chi connectivity index (χ0n) is 12.3. The summed E-state index contributed by atoms with van der Waals surface area (Å²) >= 11 is 3.02. The van der Waals surface area contributed by atoms with Crippen molar-refractivity contribution in [3.63, 3.8) is 0 Å². The van der Waals surface area contributed by atoms with E-state index in [9.17, 15) is 9.59 Å². The van der Waals surface area contributed by atoms with Gasteiger partial charge in [-0.2, -0.15) is 0 Å². The summed E-state index contributed by atoms with van der Waals surface area (Å²) in [5, 5.41) is 1.98. The minimum Gasteiger partial charge on any atom is -0.466 e. The number of ether oxygens (including phenoxy) is 1. The van der Waals surface area contributed by atoms with E-state index in [0.717, 1.165) is 29.4 Å². The highest BCUT2D eigenvalue weighted by Crippen LogP contribution is 2.24. The average molecular weight is 328 g/mol. The summed E-state index contributed by atoms with van der Waals surface area (Å²) in [4.78, 5) is 30.1. The highest BCUT2D eigenvalue weighted by Gasteiger charge is 2.29. The molecule has 1 fully saturated rings. The molecule has 0 aromatic carbocycles. The van der Waals surface area contributed by atoms with E-state index < -0.39 is 0 Å². The topological polar surface area (TPSA) is 59.5 Å².